The summed E-state index contributed by atoms with van der Waals surface area (Å²) in [6.07, 6.45) is -72.3. The smallest absolute Gasteiger partial charge is 0.422 e. The first-order chi connectivity index (χ1) is 52.3. The fraction of sp³-hybridized carbons (Fsp3) is 0.429. The van der Waals surface area contributed by atoms with Crippen LogP contribution in [0.1, 0.15) is 0 Å². The lowest BCUT2D eigenvalue weighted by molar-refractivity contribution is -0.384. The molecule has 0 N–H and O–H groups in total. The van der Waals surface area contributed by atoms with Crippen LogP contribution in [-0.2, 0) is 0 Å². The molecule has 634 valence electrons. The molecule has 2 aliphatic heterocycles. The Hall–Kier alpha value is -11.3. The monoisotopic (exact) mass is 1730 g/mol. The first-order valence-corrected chi connectivity index (χ1v) is 29.4. The van der Waals surface area contributed by atoms with Crippen molar-refractivity contribution in [2.75, 3.05) is 79.3 Å². The summed E-state index contributed by atoms with van der Waals surface area (Å²) < 4.78 is 576. The van der Waals surface area contributed by atoms with E-state index in [0.717, 1.165) is 0 Å². The van der Waals surface area contributed by atoms with Crippen molar-refractivity contribution in [1.82, 2.24) is 39.9 Å². The van der Waals surface area contributed by atoms with Crippen LogP contribution in [0.25, 0.3) is 89.7 Å². The highest BCUT2D eigenvalue weighted by Gasteiger charge is 2.47. The summed E-state index contributed by atoms with van der Waals surface area (Å²) in [5, 5.41) is 5.60. The summed E-state index contributed by atoms with van der Waals surface area (Å²) in [5.74, 6) is -38.3. The predicted molar refractivity (Wildman–Crippen MR) is 299 cm³/mol. The molecule has 0 amide bonds. The number of alkyl halides is 36. The average molecular weight is 1730 g/mol. The number of benzene rings is 4. The van der Waals surface area contributed by atoms with Gasteiger partial charge in [0.05, 0.1) is 50.5 Å². The summed E-state index contributed by atoms with van der Waals surface area (Å²) >= 11 is 0. The standard InChI is InChI=1S/C56H27F36N9O14/c57-45(58,59)4-104-25-19-21(27(106-6-47(63,64)65)33(112-12-53(81,82)83)31(25)110-10-51(75,76)77)41-96-39(19)94-37-17-2-1-16(101(102)103)3-18(17)38(93-37)95-40-20-22(28(107-7-48(66,67)68)34(113-13-54(84,85)86)32(111-11-52(78,79)80)26(20)105-5-46(60,61)62)42(97-40)99-44-24-23(43(98-41)100-44)29(108-8-49(69,70)71)35(114-14-55(87,88)89)36(115-15-56(90,91)92)30(24)109-9-50(72,73)74/h1-3H,4-15H2/q-2. The van der Waals surface area contributed by atoms with Gasteiger partial charge in [0.15, 0.2) is 114 Å². The molecule has 0 spiro atoms. The molecule has 3 aromatic heterocycles. The van der Waals surface area contributed by atoms with Gasteiger partial charge in [-0.05, 0) is 11.5 Å². The molecule has 59 heteroatoms. The number of ether oxygens (including phenoxy) is 12. The molecule has 23 nitrogen and oxygen atoms in total. The van der Waals surface area contributed by atoms with Crippen molar-refractivity contribution in [2.24, 2.45) is 0 Å². The molecule has 0 unspecified atom stereocenters. The lowest BCUT2D eigenvalue weighted by Gasteiger charge is -2.25. The van der Waals surface area contributed by atoms with Gasteiger partial charge < -0.3 is 86.7 Å². The van der Waals surface area contributed by atoms with Crippen molar-refractivity contribution in [1.29, 1.82) is 0 Å². The highest BCUT2D eigenvalue weighted by molar-refractivity contribution is 6.15. The second kappa shape index (κ2) is 30.8. The number of nitro groups is 1. The molecule has 0 fully saturated rings. The number of halogens is 36. The molecule has 2 aliphatic rings. The number of non-ortho nitro benzene ring substituents is 1. The van der Waals surface area contributed by atoms with Crippen LogP contribution in [0.4, 0.5) is 164 Å². The van der Waals surface area contributed by atoms with Crippen molar-refractivity contribution < 1.29 is 220 Å². The number of rotatable bonds is 25. The largest absolute Gasteiger partial charge is 0.479 e. The van der Waals surface area contributed by atoms with Gasteiger partial charge in [0.2, 0.25) is 34.5 Å². The Bertz CT molecular complexity index is 5000. The number of nitrogens with zero attached hydrogens (tertiary/aromatic N) is 9. The molecule has 115 heavy (non-hydrogen) atoms. The summed E-state index contributed by atoms with van der Waals surface area (Å²) in [6, 6.07) is 1.00. The highest BCUT2D eigenvalue weighted by atomic mass is 19.5. The molecule has 0 saturated carbocycles. The van der Waals surface area contributed by atoms with Gasteiger partial charge in [0.25, 0.3) is 5.69 Å². The third-order valence-electron chi connectivity index (χ3n) is 13.3. The van der Waals surface area contributed by atoms with E-state index < -0.39 is 323 Å². The van der Waals surface area contributed by atoms with Crippen molar-refractivity contribution in [3.63, 3.8) is 0 Å². The number of aromatic nitrogens is 8. The van der Waals surface area contributed by atoms with Crippen molar-refractivity contribution >= 4 is 49.8 Å². The van der Waals surface area contributed by atoms with Crippen LogP contribution in [-0.4, -0.2) is 188 Å². The Balaban J connectivity index is 1.75. The van der Waals surface area contributed by atoms with E-state index in [2.05, 4.69) is 82.5 Å². The van der Waals surface area contributed by atoms with Crippen LogP contribution in [0.5, 0.6) is 69.0 Å². The van der Waals surface area contributed by atoms with Gasteiger partial charge in [0, 0.05) is 50.9 Å². The maximum atomic E-state index is 14.7. The molecule has 9 rings (SSSR count). The Morgan fingerprint density at radius 2 is 0.435 bits per heavy atom. The van der Waals surface area contributed by atoms with E-state index in [-0.39, 0.29) is 6.07 Å². The van der Waals surface area contributed by atoms with Gasteiger partial charge in [-0.1, -0.05) is 0 Å². The second-order valence-electron chi connectivity index (χ2n) is 22.5. The maximum Gasteiger partial charge on any atom is 0.422 e. The summed E-state index contributed by atoms with van der Waals surface area (Å²) in [5.41, 5.74) is -17.4. The van der Waals surface area contributed by atoms with Gasteiger partial charge >= 0.3 is 74.1 Å². The van der Waals surface area contributed by atoms with E-state index in [1.165, 1.54) is 0 Å². The molecule has 8 bridgehead atoms. The molecular formula is C56H27F36N9O14-2. The van der Waals surface area contributed by atoms with Crippen LogP contribution in [0.15, 0.2) is 18.2 Å². The molecule has 0 saturated heterocycles. The van der Waals surface area contributed by atoms with Crippen LogP contribution < -0.4 is 66.8 Å². The molecule has 7 aromatic rings. The normalized spacial score (nSPS) is 13.5. The van der Waals surface area contributed by atoms with Crippen molar-refractivity contribution in [3.8, 4) is 115 Å². The first kappa shape index (κ1) is 87.7. The second-order valence-corrected chi connectivity index (χ2v) is 22.5. The third-order valence-corrected chi connectivity index (χ3v) is 13.3. The quantitative estimate of drug-likeness (QED) is 0.0292. The molecule has 0 atom stereocenters. The van der Waals surface area contributed by atoms with Crippen LogP contribution in [0, 0.1) is 10.1 Å². The zero-order valence-corrected chi connectivity index (χ0v) is 54.1. The lowest BCUT2D eigenvalue weighted by atomic mass is 10.0. The highest BCUT2D eigenvalue weighted by Crippen LogP contribution is 2.62. The third kappa shape index (κ3) is 22.8. The van der Waals surface area contributed by atoms with Gasteiger partial charge in [-0.3, -0.25) is 10.1 Å². The fourth-order valence-corrected chi connectivity index (χ4v) is 9.66. The van der Waals surface area contributed by atoms with Gasteiger partial charge in [-0.25, -0.2) is 9.97 Å². The predicted octanol–water partition coefficient (Wildman–Crippen LogP) is 17.3. The summed E-state index contributed by atoms with van der Waals surface area (Å²) in [7, 11) is 0. The Morgan fingerprint density at radius 1 is 0.252 bits per heavy atom. The van der Waals surface area contributed by atoms with Gasteiger partial charge in [-0.2, -0.15) is 158 Å². The number of hydrogen-bond acceptors (Lipinski definition) is 20. The maximum absolute atomic E-state index is 14.7. The van der Waals surface area contributed by atoms with Crippen LogP contribution >= 0.6 is 0 Å². The molecule has 0 aliphatic carbocycles. The minimum Gasteiger partial charge on any atom is -0.479 e. The number of fused-ring (bicyclic) bond motifs is 20. The summed E-state index contributed by atoms with van der Waals surface area (Å²) in [6.45, 7) is -37.6. The van der Waals surface area contributed by atoms with E-state index in [1.54, 1.807) is 0 Å². The van der Waals surface area contributed by atoms with Crippen molar-refractivity contribution in [2.45, 2.75) is 74.1 Å². The number of hydrogen-bond donors (Lipinski definition) is 0. The molecule has 5 heterocycles. The van der Waals surface area contributed by atoms with E-state index >= 15 is 0 Å². The Kier molecular flexibility index (Phi) is 23.5. The van der Waals surface area contributed by atoms with Crippen LogP contribution in [0.2, 0.25) is 0 Å². The minimum absolute atomic E-state index is 0.226. The van der Waals surface area contributed by atoms with Crippen molar-refractivity contribution in [3.05, 3.63) is 28.3 Å². The van der Waals surface area contributed by atoms with E-state index in [1.807, 2.05) is 0 Å². The Labute approximate surface area is 605 Å². The zero-order chi connectivity index (χ0) is 86.1. The van der Waals surface area contributed by atoms with E-state index in [0.29, 0.717) is 12.1 Å². The topological polar surface area (TPSA) is 259 Å². The number of nitro benzene ring substituents is 1. The lowest BCUT2D eigenvalue weighted by Crippen LogP contribution is -2.25. The molecule has 4 aromatic carbocycles. The minimum atomic E-state index is -6.12. The van der Waals surface area contributed by atoms with Gasteiger partial charge in [0.1, 0.15) is 0 Å². The fourth-order valence-electron chi connectivity index (χ4n) is 9.66. The SMILES string of the molecule is O=[N+]([O-])c1ccc2c3nc4nc(nc5[n-]c(nc6nc(nc([n-]3)c2c1)-c1c(OCC(F)(F)F)c(OCC(F)(F)F)c(OCC(F)(F)F)c(OCC(F)(F)F)c1-6)c1c(OCC(F)(F)F)c(OCC(F)(F)F)c(OCC(F)(F)F)c(OCC(F)(F)F)c51)-c1c(OCC(F)(F)F)c(OCC(F)(F)F)c(OCC(F)(F)F)c(OCC(F)(F)F)c1-4. The molecule has 0 radical (unpaired) electrons. The zero-order valence-electron chi connectivity index (χ0n) is 54.1. The Morgan fingerprint density at radius 3 is 0.652 bits per heavy atom. The molecular weight excluding hydrogens is 1710 g/mol. The van der Waals surface area contributed by atoms with E-state index in [9.17, 15) is 168 Å². The van der Waals surface area contributed by atoms with Crippen LogP contribution in [0.3, 0.4) is 0 Å². The average Bonchev–Trinajstić information content (AvgIpc) is 1.58. The van der Waals surface area contributed by atoms with Gasteiger partial charge in [-0.15, -0.1) is 0 Å². The van der Waals surface area contributed by atoms with E-state index in [4.69, 9.17) is 14.2 Å². The summed E-state index contributed by atoms with van der Waals surface area (Å²) in [4.78, 5) is 40.5. The first-order valence-electron chi connectivity index (χ1n) is 29.4.